The van der Waals surface area contributed by atoms with Crippen molar-refractivity contribution in [2.75, 3.05) is 5.32 Å². The van der Waals surface area contributed by atoms with Gasteiger partial charge in [-0.2, -0.15) is 0 Å². The van der Waals surface area contributed by atoms with E-state index in [4.69, 9.17) is 5.73 Å². The van der Waals surface area contributed by atoms with E-state index >= 15 is 0 Å². The first kappa shape index (κ1) is 20.3. The number of carbonyl (C=O) groups excluding carboxylic acids is 1. The van der Waals surface area contributed by atoms with Gasteiger partial charge in [0, 0.05) is 21.9 Å². The molecule has 0 spiro atoms. The van der Waals surface area contributed by atoms with Gasteiger partial charge in [-0.05, 0) is 50.5 Å². The lowest BCUT2D eigenvalue weighted by molar-refractivity contribution is -0.119. The molecular weight excluding hydrogens is 328 g/mol. The molecule has 130 valence electrons. The lowest BCUT2D eigenvalue weighted by atomic mass is 10.0. The quantitative estimate of drug-likeness (QED) is 0.799. The third-order valence-corrected chi connectivity index (χ3v) is 5.84. The van der Waals surface area contributed by atoms with Crippen LogP contribution in [0.5, 0.6) is 0 Å². The minimum absolute atomic E-state index is 0. The Bertz CT molecular complexity index is 516. The van der Waals surface area contributed by atoms with Gasteiger partial charge in [-0.1, -0.05) is 26.2 Å². The van der Waals surface area contributed by atoms with Crippen molar-refractivity contribution in [3.05, 3.63) is 23.8 Å². The van der Waals surface area contributed by atoms with Crippen LogP contribution in [-0.2, 0) is 4.79 Å². The zero-order valence-corrected chi connectivity index (χ0v) is 15.9. The number of carbonyl (C=O) groups is 1. The molecule has 1 aromatic rings. The monoisotopic (exact) mass is 356 g/mol. The summed E-state index contributed by atoms with van der Waals surface area (Å²) < 4.78 is 0. The molecule has 2 atom stereocenters. The summed E-state index contributed by atoms with van der Waals surface area (Å²) in [5, 5.41) is 3.75. The molecular formula is C18H29ClN2OS. The smallest absolute Gasteiger partial charge is 0.228 e. The van der Waals surface area contributed by atoms with Crippen molar-refractivity contribution < 1.29 is 4.79 Å². The van der Waals surface area contributed by atoms with E-state index in [9.17, 15) is 4.79 Å². The maximum absolute atomic E-state index is 12.1. The zero-order valence-electron chi connectivity index (χ0n) is 14.3. The Kier molecular flexibility index (Phi) is 8.45. The molecule has 0 radical (unpaired) electrons. The molecule has 1 fully saturated rings. The largest absolute Gasteiger partial charge is 0.327 e. The normalized spacial score (nSPS) is 17.9. The van der Waals surface area contributed by atoms with Crippen LogP contribution in [0.15, 0.2) is 23.1 Å². The van der Waals surface area contributed by atoms with E-state index in [0.717, 1.165) is 16.5 Å². The minimum atomic E-state index is -0.185. The van der Waals surface area contributed by atoms with Gasteiger partial charge in [0.15, 0.2) is 0 Å². The first-order chi connectivity index (χ1) is 10.5. The van der Waals surface area contributed by atoms with Crippen LogP contribution in [0, 0.1) is 12.8 Å². The van der Waals surface area contributed by atoms with Crippen molar-refractivity contribution in [1.82, 2.24) is 0 Å². The number of hydrogen-bond donors (Lipinski definition) is 2. The third kappa shape index (κ3) is 6.02. The van der Waals surface area contributed by atoms with Crippen molar-refractivity contribution in [1.29, 1.82) is 0 Å². The minimum Gasteiger partial charge on any atom is -0.327 e. The fourth-order valence-corrected chi connectivity index (χ4v) is 4.06. The van der Waals surface area contributed by atoms with Gasteiger partial charge in [0.1, 0.15) is 0 Å². The molecule has 0 aromatic heterocycles. The van der Waals surface area contributed by atoms with Crippen molar-refractivity contribution in [3.8, 4) is 0 Å². The number of rotatable bonds is 5. The third-order valence-electron chi connectivity index (χ3n) is 4.51. The average molecular weight is 357 g/mol. The average Bonchev–Trinajstić information content (AvgIpc) is 2.50. The van der Waals surface area contributed by atoms with Crippen LogP contribution >= 0.6 is 24.2 Å². The van der Waals surface area contributed by atoms with Crippen molar-refractivity contribution in [2.24, 2.45) is 11.7 Å². The van der Waals surface area contributed by atoms with Crippen molar-refractivity contribution in [2.45, 2.75) is 69.1 Å². The lowest BCUT2D eigenvalue weighted by Gasteiger charge is -2.21. The maximum atomic E-state index is 12.1. The van der Waals surface area contributed by atoms with Crippen LogP contribution in [0.4, 0.5) is 5.69 Å². The predicted octanol–water partition coefficient (Wildman–Crippen LogP) is 4.76. The molecule has 3 N–H and O–H groups in total. The fourth-order valence-electron chi connectivity index (χ4n) is 2.71. The van der Waals surface area contributed by atoms with E-state index in [1.165, 1.54) is 37.0 Å². The number of amides is 1. The Morgan fingerprint density at radius 1 is 1.26 bits per heavy atom. The van der Waals surface area contributed by atoms with Crippen molar-refractivity contribution >= 4 is 35.8 Å². The van der Waals surface area contributed by atoms with Gasteiger partial charge in [-0.25, -0.2) is 0 Å². The Hall–Kier alpha value is -0.710. The van der Waals surface area contributed by atoms with Crippen molar-refractivity contribution in [3.63, 3.8) is 0 Å². The van der Waals surface area contributed by atoms with E-state index in [1.54, 1.807) is 0 Å². The van der Waals surface area contributed by atoms with Crippen LogP contribution in [0.3, 0.4) is 0 Å². The molecule has 0 heterocycles. The van der Waals surface area contributed by atoms with Gasteiger partial charge in [0.25, 0.3) is 0 Å². The lowest BCUT2D eigenvalue weighted by Crippen LogP contribution is -2.34. The van der Waals surface area contributed by atoms with E-state index in [0.29, 0.717) is 0 Å². The molecule has 3 nitrogen and oxygen atoms in total. The molecule has 1 aliphatic carbocycles. The molecule has 0 saturated heterocycles. The van der Waals surface area contributed by atoms with Gasteiger partial charge < -0.3 is 11.1 Å². The molecule has 5 heteroatoms. The first-order valence-corrected chi connectivity index (χ1v) is 9.19. The van der Waals surface area contributed by atoms with Gasteiger partial charge in [-0.15, -0.1) is 24.2 Å². The topological polar surface area (TPSA) is 55.1 Å². The molecule has 1 amide bonds. The Morgan fingerprint density at radius 3 is 2.48 bits per heavy atom. The van der Waals surface area contributed by atoms with Gasteiger partial charge >= 0.3 is 0 Å². The zero-order chi connectivity index (χ0) is 16.1. The number of anilines is 1. The second-order valence-electron chi connectivity index (χ2n) is 6.49. The molecule has 0 bridgehead atoms. The Balaban J connectivity index is 0.00000264. The highest BCUT2D eigenvalue weighted by molar-refractivity contribution is 8.00. The molecule has 1 aromatic carbocycles. The number of nitrogens with two attached hydrogens (primary N) is 1. The number of thioether (sulfide) groups is 1. The summed E-state index contributed by atoms with van der Waals surface area (Å²) in [7, 11) is 0. The first-order valence-electron chi connectivity index (χ1n) is 8.31. The molecule has 2 rings (SSSR count). The maximum Gasteiger partial charge on any atom is 0.228 e. The number of aryl methyl sites for hydroxylation is 1. The number of hydrogen-bond acceptors (Lipinski definition) is 3. The van der Waals surface area contributed by atoms with E-state index < -0.39 is 0 Å². The summed E-state index contributed by atoms with van der Waals surface area (Å²) >= 11 is 1.98. The molecule has 2 unspecified atom stereocenters. The number of benzene rings is 1. The SMILES string of the molecule is Cc1cc(SC2CCCCC2)ccc1NC(=O)C(C)C(C)N.Cl. The second-order valence-corrected chi connectivity index (χ2v) is 7.87. The number of nitrogens with one attached hydrogen (secondary N) is 1. The van der Waals surface area contributed by atoms with Crippen LogP contribution in [-0.4, -0.2) is 17.2 Å². The highest BCUT2D eigenvalue weighted by atomic mass is 35.5. The highest BCUT2D eigenvalue weighted by Crippen LogP contribution is 2.34. The molecule has 1 aliphatic rings. The molecule has 0 aliphatic heterocycles. The fraction of sp³-hybridized carbons (Fsp3) is 0.611. The number of halogens is 1. The molecule has 23 heavy (non-hydrogen) atoms. The highest BCUT2D eigenvalue weighted by Gasteiger charge is 2.18. The van der Waals surface area contributed by atoms with Crippen LogP contribution in [0.25, 0.3) is 0 Å². The summed E-state index contributed by atoms with van der Waals surface area (Å²) in [6.45, 7) is 5.78. The summed E-state index contributed by atoms with van der Waals surface area (Å²) in [5.74, 6) is -0.193. The van der Waals surface area contributed by atoms with E-state index in [-0.39, 0.29) is 30.3 Å². The Labute approximate surface area is 150 Å². The van der Waals surface area contributed by atoms with Crippen LogP contribution in [0.1, 0.15) is 51.5 Å². The summed E-state index contributed by atoms with van der Waals surface area (Å²) in [6, 6.07) is 6.19. The second kappa shape index (κ2) is 9.55. The Morgan fingerprint density at radius 2 is 1.91 bits per heavy atom. The van der Waals surface area contributed by atoms with E-state index in [1.807, 2.05) is 31.7 Å². The predicted molar refractivity (Wildman–Crippen MR) is 103 cm³/mol. The van der Waals surface area contributed by atoms with Gasteiger partial charge in [-0.3, -0.25) is 4.79 Å². The van der Waals surface area contributed by atoms with Crippen LogP contribution < -0.4 is 11.1 Å². The van der Waals surface area contributed by atoms with Crippen LogP contribution in [0.2, 0.25) is 0 Å². The van der Waals surface area contributed by atoms with Gasteiger partial charge in [0.05, 0.1) is 5.92 Å². The van der Waals surface area contributed by atoms with E-state index in [2.05, 4.69) is 24.4 Å². The van der Waals surface area contributed by atoms with Gasteiger partial charge in [0.2, 0.25) is 5.91 Å². The summed E-state index contributed by atoms with van der Waals surface area (Å²) in [5.41, 5.74) is 7.80. The standard InChI is InChI=1S/C18H28N2OS.ClH/c1-12-11-16(22-15-7-5-4-6-8-15)9-10-17(12)20-18(21)13(2)14(3)19;/h9-11,13-15H,4-8,19H2,1-3H3,(H,20,21);1H. The summed E-state index contributed by atoms with van der Waals surface area (Å²) in [6.07, 6.45) is 6.76. The summed E-state index contributed by atoms with van der Waals surface area (Å²) in [4.78, 5) is 13.4. The molecule has 1 saturated carbocycles.